The molecule has 0 spiro atoms. The van der Waals surface area contributed by atoms with Gasteiger partial charge in [-0.2, -0.15) is 0 Å². The zero-order valence-corrected chi connectivity index (χ0v) is 18.7. The molecule has 1 saturated heterocycles. The molecule has 2 aromatic carbocycles. The van der Waals surface area contributed by atoms with E-state index in [0.29, 0.717) is 6.42 Å². The van der Waals surface area contributed by atoms with Gasteiger partial charge in [0.05, 0.1) is 0 Å². The van der Waals surface area contributed by atoms with E-state index in [1.807, 2.05) is 18.2 Å². The van der Waals surface area contributed by atoms with Crippen LogP contribution < -0.4 is 10.2 Å². The molecule has 0 saturated carbocycles. The minimum atomic E-state index is 0.0806. The molecule has 0 radical (unpaired) electrons. The standard InChI is InChI=1S/C26H34N4O/c1-29(2)19-20-14-16-30(17-15-20)23-12-10-22(11-13-23)28-26(31)9-5-6-21-18-27-25-8-4-3-7-24(21)25/h3-4,7-8,10-13,18,20,27H,5-6,9,14-17,19H2,1-2H3,(H,28,31). The van der Waals surface area contributed by atoms with Crippen molar-refractivity contribution in [3.8, 4) is 0 Å². The van der Waals surface area contributed by atoms with E-state index in [9.17, 15) is 4.79 Å². The number of carbonyl (C=O) groups excluding carboxylic acids is 1. The smallest absolute Gasteiger partial charge is 0.224 e. The molecule has 5 nitrogen and oxygen atoms in total. The minimum absolute atomic E-state index is 0.0806. The molecule has 164 valence electrons. The predicted octanol–water partition coefficient (Wildman–Crippen LogP) is 4.91. The first-order valence-corrected chi connectivity index (χ1v) is 11.4. The topological polar surface area (TPSA) is 51.4 Å². The van der Waals surface area contributed by atoms with Crippen LogP contribution in [0.2, 0.25) is 0 Å². The highest BCUT2D eigenvalue weighted by Gasteiger charge is 2.19. The Bertz CT molecular complexity index is 984. The number of H-pyrrole nitrogens is 1. The summed E-state index contributed by atoms with van der Waals surface area (Å²) in [6.45, 7) is 3.40. The fraction of sp³-hybridized carbons (Fsp3) is 0.423. The van der Waals surface area contributed by atoms with E-state index < -0.39 is 0 Å². The summed E-state index contributed by atoms with van der Waals surface area (Å²) in [7, 11) is 4.31. The average molecular weight is 419 g/mol. The number of anilines is 2. The summed E-state index contributed by atoms with van der Waals surface area (Å²) in [5.74, 6) is 0.881. The van der Waals surface area contributed by atoms with Gasteiger partial charge in [0, 0.05) is 54.5 Å². The highest BCUT2D eigenvalue weighted by molar-refractivity contribution is 5.91. The van der Waals surface area contributed by atoms with Crippen LogP contribution >= 0.6 is 0 Å². The maximum atomic E-state index is 12.4. The molecule has 5 heteroatoms. The number of fused-ring (bicyclic) bond motifs is 1. The van der Waals surface area contributed by atoms with Crippen molar-refractivity contribution in [2.75, 3.05) is 43.9 Å². The first-order chi connectivity index (χ1) is 15.1. The molecule has 0 bridgehead atoms. The van der Waals surface area contributed by atoms with E-state index in [4.69, 9.17) is 0 Å². The molecule has 3 aromatic rings. The number of hydrogen-bond donors (Lipinski definition) is 2. The maximum Gasteiger partial charge on any atom is 0.224 e. The van der Waals surface area contributed by atoms with Crippen LogP contribution in [0, 0.1) is 5.92 Å². The van der Waals surface area contributed by atoms with Crippen LogP contribution in [-0.4, -0.2) is 49.5 Å². The number of nitrogens with one attached hydrogen (secondary N) is 2. The molecule has 1 aliphatic rings. The lowest BCUT2D eigenvalue weighted by Gasteiger charge is -2.34. The Kier molecular flexibility index (Phi) is 6.92. The third kappa shape index (κ3) is 5.67. The molecule has 1 fully saturated rings. The van der Waals surface area contributed by atoms with Crippen LogP contribution in [0.3, 0.4) is 0 Å². The molecule has 2 heterocycles. The number of aromatic nitrogens is 1. The van der Waals surface area contributed by atoms with E-state index in [2.05, 4.69) is 70.7 Å². The van der Waals surface area contributed by atoms with Crippen molar-refractivity contribution in [2.45, 2.75) is 32.1 Å². The van der Waals surface area contributed by atoms with Gasteiger partial charge in [0.2, 0.25) is 5.91 Å². The third-order valence-corrected chi connectivity index (χ3v) is 6.28. The van der Waals surface area contributed by atoms with Crippen LogP contribution in [-0.2, 0) is 11.2 Å². The van der Waals surface area contributed by atoms with Gasteiger partial charge in [-0.1, -0.05) is 18.2 Å². The van der Waals surface area contributed by atoms with Crippen molar-refractivity contribution < 1.29 is 4.79 Å². The molecule has 31 heavy (non-hydrogen) atoms. The van der Waals surface area contributed by atoms with E-state index in [1.165, 1.54) is 36.0 Å². The summed E-state index contributed by atoms with van der Waals surface area (Å²) in [6, 6.07) is 16.6. The molecule has 0 atom stereocenters. The number of hydrogen-bond acceptors (Lipinski definition) is 3. The zero-order valence-electron chi connectivity index (χ0n) is 18.7. The normalized spacial score (nSPS) is 15.0. The summed E-state index contributed by atoms with van der Waals surface area (Å²) in [5, 5.41) is 4.30. The third-order valence-electron chi connectivity index (χ3n) is 6.28. The number of para-hydroxylation sites is 1. The molecule has 4 rings (SSSR count). The fourth-order valence-electron chi connectivity index (χ4n) is 4.65. The highest BCUT2D eigenvalue weighted by Crippen LogP contribution is 2.25. The monoisotopic (exact) mass is 418 g/mol. The Morgan fingerprint density at radius 2 is 1.84 bits per heavy atom. The summed E-state index contributed by atoms with van der Waals surface area (Å²) >= 11 is 0. The molecule has 1 aromatic heterocycles. The van der Waals surface area contributed by atoms with Gasteiger partial charge in [-0.3, -0.25) is 4.79 Å². The van der Waals surface area contributed by atoms with Gasteiger partial charge in [0.15, 0.2) is 0 Å². The van der Waals surface area contributed by atoms with E-state index in [-0.39, 0.29) is 5.91 Å². The molecule has 1 aliphatic heterocycles. The second-order valence-electron chi connectivity index (χ2n) is 9.00. The Balaban J connectivity index is 1.22. The molecule has 0 unspecified atom stereocenters. The number of carbonyl (C=O) groups is 1. The second kappa shape index (κ2) is 10.0. The summed E-state index contributed by atoms with van der Waals surface area (Å²) in [4.78, 5) is 20.4. The first-order valence-electron chi connectivity index (χ1n) is 11.4. The van der Waals surface area contributed by atoms with Crippen molar-refractivity contribution in [2.24, 2.45) is 5.92 Å². The number of nitrogens with zero attached hydrogens (tertiary/aromatic N) is 2. The van der Waals surface area contributed by atoms with Gasteiger partial charge in [-0.25, -0.2) is 0 Å². The minimum Gasteiger partial charge on any atom is -0.372 e. The van der Waals surface area contributed by atoms with Gasteiger partial charge in [-0.15, -0.1) is 0 Å². The van der Waals surface area contributed by atoms with Crippen LogP contribution in [0.4, 0.5) is 11.4 Å². The summed E-state index contributed by atoms with van der Waals surface area (Å²) in [6.07, 6.45) is 6.82. The van der Waals surface area contributed by atoms with Crippen molar-refractivity contribution in [3.05, 3.63) is 60.3 Å². The second-order valence-corrected chi connectivity index (χ2v) is 9.00. The molecule has 1 amide bonds. The molecular formula is C26H34N4O. The van der Waals surface area contributed by atoms with Gasteiger partial charge >= 0.3 is 0 Å². The number of benzene rings is 2. The summed E-state index contributed by atoms with van der Waals surface area (Å²) < 4.78 is 0. The Morgan fingerprint density at radius 1 is 1.10 bits per heavy atom. The Hall–Kier alpha value is -2.79. The molecule has 2 N–H and O–H groups in total. The summed E-state index contributed by atoms with van der Waals surface area (Å²) in [5.41, 5.74) is 4.56. The van der Waals surface area contributed by atoms with Crippen LogP contribution in [0.5, 0.6) is 0 Å². The molecule has 0 aliphatic carbocycles. The first kappa shape index (κ1) is 21.4. The lowest BCUT2D eigenvalue weighted by molar-refractivity contribution is -0.116. The van der Waals surface area contributed by atoms with E-state index in [1.54, 1.807) is 0 Å². The quantitative estimate of drug-likeness (QED) is 0.547. The van der Waals surface area contributed by atoms with Gasteiger partial charge in [-0.05, 0) is 81.6 Å². The van der Waals surface area contributed by atoms with Crippen molar-refractivity contribution >= 4 is 28.2 Å². The largest absolute Gasteiger partial charge is 0.372 e. The van der Waals surface area contributed by atoms with Crippen molar-refractivity contribution in [3.63, 3.8) is 0 Å². The number of rotatable bonds is 8. The van der Waals surface area contributed by atoms with Gasteiger partial charge < -0.3 is 20.1 Å². The number of piperidine rings is 1. The van der Waals surface area contributed by atoms with Gasteiger partial charge in [0.1, 0.15) is 0 Å². The number of amides is 1. The SMILES string of the molecule is CN(C)CC1CCN(c2ccc(NC(=O)CCCc3c[nH]c4ccccc34)cc2)CC1. The maximum absolute atomic E-state index is 12.4. The van der Waals surface area contributed by atoms with Crippen LogP contribution in [0.25, 0.3) is 10.9 Å². The van der Waals surface area contributed by atoms with Crippen molar-refractivity contribution in [1.82, 2.24) is 9.88 Å². The van der Waals surface area contributed by atoms with E-state index in [0.717, 1.165) is 43.1 Å². The van der Waals surface area contributed by atoms with Gasteiger partial charge in [0.25, 0.3) is 0 Å². The Morgan fingerprint density at radius 3 is 2.58 bits per heavy atom. The number of aryl methyl sites for hydroxylation is 1. The Labute approximate surface area is 185 Å². The predicted molar refractivity (Wildman–Crippen MR) is 130 cm³/mol. The number of aromatic amines is 1. The van der Waals surface area contributed by atoms with Crippen LogP contribution in [0.15, 0.2) is 54.7 Å². The van der Waals surface area contributed by atoms with E-state index >= 15 is 0 Å². The molecular weight excluding hydrogens is 384 g/mol. The average Bonchev–Trinajstić information content (AvgIpc) is 3.18. The van der Waals surface area contributed by atoms with Crippen molar-refractivity contribution in [1.29, 1.82) is 0 Å². The fourth-order valence-corrected chi connectivity index (χ4v) is 4.65. The highest BCUT2D eigenvalue weighted by atomic mass is 16.1. The zero-order chi connectivity index (χ0) is 21.6. The lowest BCUT2D eigenvalue weighted by atomic mass is 9.96. The lowest BCUT2D eigenvalue weighted by Crippen LogP contribution is -2.37. The van der Waals surface area contributed by atoms with Crippen LogP contribution in [0.1, 0.15) is 31.2 Å².